The van der Waals surface area contributed by atoms with Gasteiger partial charge < -0.3 is 14.4 Å². The predicted octanol–water partition coefficient (Wildman–Crippen LogP) is 5.64. The molecule has 3 rings (SSSR count). The van der Waals surface area contributed by atoms with Crippen LogP contribution in [0, 0.1) is 0 Å². The monoisotopic (exact) mass is 471 g/mol. The Balaban J connectivity index is 1.78. The quantitative estimate of drug-likeness (QED) is 0.410. The zero-order valence-corrected chi connectivity index (χ0v) is 19.1. The highest BCUT2D eigenvalue weighted by Gasteiger charge is 2.14. The molecular weight excluding hydrogens is 449 g/mol. The molecule has 0 spiro atoms. The van der Waals surface area contributed by atoms with Crippen LogP contribution in [0.15, 0.2) is 65.5 Å². The number of carboxylic acids is 1. The van der Waals surface area contributed by atoms with Gasteiger partial charge in [0.2, 0.25) is 0 Å². The van der Waals surface area contributed by atoms with Crippen molar-refractivity contribution in [2.75, 3.05) is 0 Å². The molecule has 0 aliphatic heterocycles. The van der Waals surface area contributed by atoms with Crippen molar-refractivity contribution in [1.82, 2.24) is 4.57 Å². The third-order valence-corrected chi connectivity index (χ3v) is 5.61. The fourth-order valence-electron chi connectivity index (χ4n) is 3.23. The third kappa shape index (κ3) is 6.25. The van der Waals surface area contributed by atoms with Crippen LogP contribution in [-0.2, 0) is 30.8 Å². The molecule has 32 heavy (non-hydrogen) atoms. The van der Waals surface area contributed by atoms with E-state index in [1.807, 2.05) is 48.5 Å². The number of rotatable bonds is 9. The number of aryl methyl sites for hydroxylation is 2. The van der Waals surface area contributed by atoms with E-state index in [1.54, 1.807) is 4.57 Å². The summed E-state index contributed by atoms with van der Waals surface area (Å²) in [6.07, 6.45) is 4.08. The number of aliphatic carboxylic acids is 1. The summed E-state index contributed by atoms with van der Waals surface area (Å²) in [5.41, 5.74) is 3.16. The lowest BCUT2D eigenvalue weighted by Crippen LogP contribution is -2.26. The number of benzene rings is 2. The molecule has 0 aliphatic carbocycles. The van der Waals surface area contributed by atoms with E-state index in [4.69, 9.17) is 33.0 Å². The van der Waals surface area contributed by atoms with Gasteiger partial charge in [0.25, 0.3) is 5.56 Å². The molecule has 2 aromatic carbocycles. The Hall–Kier alpha value is -3.02. The van der Waals surface area contributed by atoms with E-state index in [0.717, 1.165) is 29.2 Å². The molecule has 166 valence electrons. The fourth-order valence-corrected chi connectivity index (χ4v) is 3.76. The van der Waals surface area contributed by atoms with E-state index in [0.29, 0.717) is 29.4 Å². The van der Waals surface area contributed by atoms with Gasteiger partial charge in [0.1, 0.15) is 17.4 Å². The maximum absolute atomic E-state index is 12.7. The lowest BCUT2D eigenvalue weighted by atomic mass is 10.1. The second kappa shape index (κ2) is 11.0. The minimum Gasteiger partial charge on any atom is -0.487 e. The SMILES string of the molecule is CCc1cccc(OCc2c(Cl)cc(Cl)c(=O)n2CCc2ccc(/C=C/C(=O)O)cc2)c1. The lowest BCUT2D eigenvalue weighted by molar-refractivity contribution is -0.131. The molecule has 0 aliphatic rings. The van der Waals surface area contributed by atoms with Crippen molar-refractivity contribution in [2.45, 2.75) is 32.9 Å². The number of ether oxygens (including phenoxy) is 1. The van der Waals surface area contributed by atoms with E-state index >= 15 is 0 Å². The zero-order valence-electron chi connectivity index (χ0n) is 17.6. The second-order valence-corrected chi connectivity index (χ2v) is 8.01. The summed E-state index contributed by atoms with van der Waals surface area (Å²) in [5, 5.41) is 9.16. The van der Waals surface area contributed by atoms with Gasteiger partial charge in [-0.15, -0.1) is 0 Å². The first-order valence-corrected chi connectivity index (χ1v) is 10.9. The first-order valence-electron chi connectivity index (χ1n) is 10.2. The molecule has 0 amide bonds. The summed E-state index contributed by atoms with van der Waals surface area (Å²) in [6, 6.07) is 16.7. The molecule has 1 N–H and O–H groups in total. The first kappa shape index (κ1) is 23.6. The number of aromatic nitrogens is 1. The number of halogens is 2. The van der Waals surface area contributed by atoms with Crippen molar-refractivity contribution in [3.8, 4) is 5.75 Å². The number of hydrogen-bond donors (Lipinski definition) is 1. The lowest BCUT2D eigenvalue weighted by Gasteiger charge is -2.16. The summed E-state index contributed by atoms with van der Waals surface area (Å²) in [5.74, 6) is -0.290. The average molecular weight is 472 g/mol. The minimum atomic E-state index is -0.998. The average Bonchev–Trinajstić information content (AvgIpc) is 2.79. The topological polar surface area (TPSA) is 68.5 Å². The van der Waals surface area contributed by atoms with E-state index in [2.05, 4.69) is 6.92 Å². The van der Waals surface area contributed by atoms with Gasteiger partial charge in [-0.3, -0.25) is 4.79 Å². The predicted molar refractivity (Wildman–Crippen MR) is 128 cm³/mol. The Kier molecular flexibility index (Phi) is 8.14. The number of pyridine rings is 1. The van der Waals surface area contributed by atoms with Gasteiger partial charge >= 0.3 is 5.97 Å². The Morgan fingerprint density at radius 3 is 2.50 bits per heavy atom. The van der Waals surface area contributed by atoms with Gasteiger partial charge in [0, 0.05) is 12.6 Å². The van der Waals surface area contributed by atoms with Crippen LogP contribution in [0.25, 0.3) is 6.08 Å². The molecule has 1 heterocycles. The Morgan fingerprint density at radius 2 is 1.81 bits per heavy atom. The van der Waals surface area contributed by atoms with Crippen molar-refractivity contribution in [3.05, 3.63) is 103 Å². The van der Waals surface area contributed by atoms with Crippen LogP contribution < -0.4 is 10.3 Å². The first-order chi connectivity index (χ1) is 15.4. The molecule has 1 aromatic heterocycles. The van der Waals surface area contributed by atoms with Crippen molar-refractivity contribution in [1.29, 1.82) is 0 Å². The molecule has 0 radical (unpaired) electrons. The van der Waals surface area contributed by atoms with Gasteiger partial charge in [-0.1, -0.05) is 66.5 Å². The smallest absolute Gasteiger partial charge is 0.328 e. The fraction of sp³-hybridized carbons (Fsp3) is 0.200. The van der Waals surface area contributed by atoms with Crippen LogP contribution in [0.1, 0.15) is 29.3 Å². The molecule has 0 bridgehead atoms. The third-order valence-electron chi connectivity index (χ3n) is 5.01. The highest BCUT2D eigenvalue weighted by atomic mass is 35.5. The molecular formula is C25H23Cl2NO4. The summed E-state index contributed by atoms with van der Waals surface area (Å²) in [6.45, 7) is 2.58. The highest BCUT2D eigenvalue weighted by molar-refractivity contribution is 6.34. The molecule has 5 nitrogen and oxygen atoms in total. The number of carboxylic acid groups (broad SMARTS) is 1. The number of carbonyl (C=O) groups is 1. The normalized spacial score (nSPS) is 11.1. The molecule has 7 heteroatoms. The standard InChI is InChI=1S/C25H23Cl2NO4/c1-2-17-4-3-5-20(14-17)32-16-23-21(26)15-22(27)25(31)28(23)13-12-19-8-6-18(7-9-19)10-11-24(29)30/h3-11,14-15H,2,12-13,16H2,1H3,(H,29,30)/b11-10+. The van der Waals surface area contributed by atoms with E-state index in [1.165, 1.54) is 12.1 Å². The molecule has 0 atom stereocenters. The molecule has 0 unspecified atom stereocenters. The number of nitrogens with zero attached hydrogens (tertiary/aromatic N) is 1. The Morgan fingerprint density at radius 1 is 1.06 bits per heavy atom. The Labute approximate surface area is 196 Å². The maximum Gasteiger partial charge on any atom is 0.328 e. The van der Waals surface area contributed by atoms with Crippen LogP contribution >= 0.6 is 23.2 Å². The summed E-state index contributed by atoms with van der Waals surface area (Å²) < 4.78 is 7.47. The summed E-state index contributed by atoms with van der Waals surface area (Å²) >= 11 is 12.5. The number of hydrogen-bond acceptors (Lipinski definition) is 3. The van der Waals surface area contributed by atoms with Crippen LogP contribution in [0.2, 0.25) is 10.0 Å². The molecule has 0 fully saturated rings. The van der Waals surface area contributed by atoms with E-state index in [-0.39, 0.29) is 17.2 Å². The van der Waals surface area contributed by atoms with Gasteiger partial charge in [-0.2, -0.15) is 0 Å². The van der Waals surface area contributed by atoms with Crippen LogP contribution in [-0.4, -0.2) is 15.6 Å². The molecule has 3 aromatic rings. The van der Waals surface area contributed by atoms with Gasteiger partial charge in [0.15, 0.2) is 0 Å². The van der Waals surface area contributed by atoms with Crippen LogP contribution in [0.3, 0.4) is 0 Å². The van der Waals surface area contributed by atoms with Crippen molar-refractivity contribution in [2.24, 2.45) is 0 Å². The highest BCUT2D eigenvalue weighted by Crippen LogP contribution is 2.22. The summed E-state index contributed by atoms with van der Waals surface area (Å²) in [7, 11) is 0. The van der Waals surface area contributed by atoms with Crippen molar-refractivity contribution in [3.63, 3.8) is 0 Å². The largest absolute Gasteiger partial charge is 0.487 e. The van der Waals surface area contributed by atoms with Crippen molar-refractivity contribution >= 4 is 35.2 Å². The maximum atomic E-state index is 12.7. The van der Waals surface area contributed by atoms with Gasteiger partial charge in [-0.25, -0.2) is 4.79 Å². The zero-order chi connectivity index (χ0) is 23.1. The Bertz CT molecular complexity index is 1180. The van der Waals surface area contributed by atoms with E-state index in [9.17, 15) is 9.59 Å². The van der Waals surface area contributed by atoms with Crippen LogP contribution in [0.5, 0.6) is 5.75 Å². The second-order valence-electron chi connectivity index (χ2n) is 7.20. The van der Waals surface area contributed by atoms with Crippen LogP contribution in [0.4, 0.5) is 0 Å². The molecule has 0 saturated carbocycles. The van der Waals surface area contributed by atoms with Gasteiger partial charge in [0.05, 0.1) is 10.7 Å². The molecule has 0 saturated heterocycles. The van der Waals surface area contributed by atoms with Crippen molar-refractivity contribution < 1.29 is 14.6 Å². The van der Waals surface area contributed by atoms with Gasteiger partial charge in [-0.05, 0) is 53.8 Å². The minimum absolute atomic E-state index is 0.0564. The van der Waals surface area contributed by atoms with E-state index < -0.39 is 5.97 Å². The summed E-state index contributed by atoms with van der Waals surface area (Å²) in [4.78, 5) is 23.4.